The highest BCUT2D eigenvalue weighted by atomic mass is 31.2. The minimum absolute atomic E-state index is 0.152. The molecular formula is C79H152N4O19P2. The molecule has 0 aromatic heterocycles. The van der Waals surface area contributed by atoms with Crippen LogP contribution in [0.2, 0.25) is 0 Å². The zero-order valence-electron chi connectivity index (χ0n) is 66.4. The van der Waals surface area contributed by atoms with Crippen LogP contribution in [-0.4, -0.2) is 141 Å². The third-order valence-electron chi connectivity index (χ3n) is 18.4. The van der Waals surface area contributed by atoms with Gasteiger partial charge in [0.15, 0.2) is 0 Å². The summed E-state index contributed by atoms with van der Waals surface area (Å²) in [4.78, 5) is 112. The lowest BCUT2D eigenvalue weighted by molar-refractivity contribution is -0.151. The van der Waals surface area contributed by atoms with Crippen LogP contribution in [0.5, 0.6) is 0 Å². The monoisotopic (exact) mass is 1520 g/mol. The van der Waals surface area contributed by atoms with Crippen molar-refractivity contribution in [2.24, 2.45) is 0 Å². The molecule has 4 amide bonds. The molecule has 0 aromatic carbocycles. The van der Waals surface area contributed by atoms with E-state index in [1.54, 1.807) is 0 Å². The molecule has 23 nitrogen and oxygen atoms in total. The molecule has 6 atom stereocenters. The minimum Gasteiger partial charge on any atom is -0.462 e. The van der Waals surface area contributed by atoms with E-state index in [1.807, 2.05) is 0 Å². The molecule has 0 saturated carbocycles. The van der Waals surface area contributed by atoms with Crippen LogP contribution in [0.3, 0.4) is 0 Å². The number of hydrogen-bond acceptors (Lipinski definition) is 17. The van der Waals surface area contributed by atoms with Crippen molar-refractivity contribution in [2.75, 3.05) is 65.9 Å². The first kappa shape index (κ1) is 101. The molecule has 0 bridgehead atoms. The largest absolute Gasteiger partial charge is 0.472 e. The number of carbonyl (C=O) groups is 7. The molecule has 0 aliphatic carbocycles. The van der Waals surface area contributed by atoms with Crippen LogP contribution in [0.25, 0.3) is 0 Å². The van der Waals surface area contributed by atoms with Gasteiger partial charge in [-0.2, -0.15) is 0 Å². The van der Waals surface area contributed by atoms with E-state index in [1.165, 1.54) is 109 Å². The van der Waals surface area contributed by atoms with E-state index in [4.69, 9.17) is 37.0 Å². The molecule has 2 unspecified atom stereocenters. The molecule has 0 fully saturated rings. The van der Waals surface area contributed by atoms with Gasteiger partial charge in [0.1, 0.15) is 23.8 Å². The first-order valence-corrected chi connectivity index (χ1v) is 44.7. The Bertz CT molecular complexity index is 2200. The molecule has 25 heteroatoms. The number of phosphoric ester groups is 2. The highest BCUT2D eigenvalue weighted by molar-refractivity contribution is 7.47. The molecule has 0 heterocycles. The van der Waals surface area contributed by atoms with E-state index in [9.17, 15) is 52.5 Å². The van der Waals surface area contributed by atoms with Crippen LogP contribution in [-0.2, 0) is 74.9 Å². The maximum absolute atomic E-state index is 13.3. The van der Waals surface area contributed by atoms with Gasteiger partial charge in [0.05, 0.1) is 77.8 Å². The van der Waals surface area contributed by atoms with Gasteiger partial charge in [0.25, 0.3) is 0 Å². The van der Waals surface area contributed by atoms with E-state index in [2.05, 4.69) is 62.8 Å². The number of carbonyl (C=O) groups excluding carboxylic acids is 7. The van der Waals surface area contributed by atoms with Gasteiger partial charge in [-0.25, -0.2) is 13.9 Å². The SMILES string of the molecule is CCCCCCCCCCCC(=O)CC(=O)N[C@H](COCC[C@@H](CCCCCCC)OC(=O)CCCCCCCCCCC)COP(=O)(O)OCCNC(=O)NCCOP(=O)(O)OC[C@@H](COCC[C@@H](CCCCCCC)OC(=O)CCCCCCCCCCC)NC(=O)CC(=O)CCCCCCC. The first-order valence-electron chi connectivity index (χ1n) is 41.7. The number of unbranched alkanes of at least 4 members (excludes halogenated alkanes) is 36. The molecule has 0 aromatic rings. The molecule has 0 radical (unpaired) electrons. The summed E-state index contributed by atoms with van der Waals surface area (Å²) in [5, 5.41) is 10.3. The van der Waals surface area contributed by atoms with Crippen LogP contribution >= 0.6 is 15.6 Å². The first-order chi connectivity index (χ1) is 50.3. The van der Waals surface area contributed by atoms with Gasteiger partial charge < -0.3 is 50.0 Å². The Balaban J connectivity index is 5.61. The lowest BCUT2D eigenvalue weighted by Crippen LogP contribution is -2.42. The molecule has 0 spiro atoms. The van der Waals surface area contributed by atoms with Crippen molar-refractivity contribution in [3.63, 3.8) is 0 Å². The van der Waals surface area contributed by atoms with Gasteiger partial charge in [0.2, 0.25) is 11.8 Å². The fraction of sp³-hybridized carbons (Fsp3) is 0.911. The van der Waals surface area contributed by atoms with E-state index in [0.29, 0.717) is 51.4 Å². The van der Waals surface area contributed by atoms with Crippen molar-refractivity contribution in [2.45, 2.75) is 400 Å². The van der Waals surface area contributed by atoms with E-state index < -0.39 is 72.0 Å². The number of phosphoric acid groups is 2. The molecule has 104 heavy (non-hydrogen) atoms. The minimum atomic E-state index is -4.80. The molecule has 0 aliphatic heterocycles. The second-order valence-corrected chi connectivity index (χ2v) is 31.5. The predicted octanol–water partition coefficient (Wildman–Crippen LogP) is 18.9. The Kier molecular flexibility index (Phi) is 70.1. The van der Waals surface area contributed by atoms with Gasteiger partial charge in [-0.15, -0.1) is 0 Å². The number of Topliss-reactive ketones (excluding diaryl/α,β-unsaturated/α-hetero) is 2. The van der Waals surface area contributed by atoms with Crippen molar-refractivity contribution >= 4 is 57.0 Å². The van der Waals surface area contributed by atoms with Crippen LogP contribution in [0.15, 0.2) is 0 Å². The number of hydrogen-bond donors (Lipinski definition) is 6. The molecular weight excluding hydrogens is 1370 g/mol. The maximum Gasteiger partial charge on any atom is 0.472 e. The second kappa shape index (κ2) is 72.5. The van der Waals surface area contributed by atoms with Gasteiger partial charge in [-0.05, 0) is 51.4 Å². The van der Waals surface area contributed by atoms with Gasteiger partial charge >= 0.3 is 33.6 Å². The third kappa shape index (κ3) is 69.1. The fourth-order valence-corrected chi connectivity index (χ4v) is 13.6. The van der Waals surface area contributed by atoms with Crippen molar-refractivity contribution in [3.8, 4) is 0 Å². The summed E-state index contributed by atoms with van der Waals surface area (Å²) in [5.74, 6) is -2.11. The summed E-state index contributed by atoms with van der Waals surface area (Å²) in [6.07, 6.45) is 47.2. The summed E-state index contributed by atoms with van der Waals surface area (Å²) < 4.78 is 71.0. The molecule has 6 N–H and O–H groups in total. The van der Waals surface area contributed by atoms with E-state index >= 15 is 0 Å². The predicted molar refractivity (Wildman–Crippen MR) is 414 cm³/mol. The summed E-state index contributed by atoms with van der Waals surface area (Å²) in [5.41, 5.74) is 0. The number of ether oxygens (including phenoxy) is 4. The molecule has 612 valence electrons. The summed E-state index contributed by atoms with van der Waals surface area (Å²) in [6.45, 7) is 10.4. The lowest BCUT2D eigenvalue weighted by atomic mass is 10.0. The highest BCUT2D eigenvalue weighted by Crippen LogP contribution is 2.44. The second-order valence-electron chi connectivity index (χ2n) is 28.6. The topological polar surface area (TPSA) is 316 Å². The van der Waals surface area contributed by atoms with Crippen molar-refractivity contribution in [1.82, 2.24) is 21.3 Å². The van der Waals surface area contributed by atoms with Crippen molar-refractivity contribution < 1.29 is 89.5 Å². The Hall–Kier alpha value is -3.37. The highest BCUT2D eigenvalue weighted by Gasteiger charge is 2.28. The molecule has 0 rings (SSSR count). The van der Waals surface area contributed by atoms with Crippen LogP contribution < -0.4 is 21.3 Å². The fourth-order valence-electron chi connectivity index (χ4n) is 12.1. The smallest absolute Gasteiger partial charge is 0.462 e. The summed E-state index contributed by atoms with van der Waals surface area (Å²) in [6, 6.07) is -2.73. The average molecular weight is 1520 g/mol. The van der Waals surface area contributed by atoms with E-state index in [0.717, 1.165) is 148 Å². The summed E-state index contributed by atoms with van der Waals surface area (Å²) >= 11 is 0. The van der Waals surface area contributed by atoms with Gasteiger partial charge in [-0.3, -0.25) is 46.9 Å². The third-order valence-corrected chi connectivity index (χ3v) is 20.3. The molecule has 0 saturated heterocycles. The zero-order valence-corrected chi connectivity index (χ0v) is 68.2. The summed E-state index contributed by atoms with van der Waals surface area (Å²) in [7, 11) is -9.59. The Morgan fingerprint density at radius 3 is 0.885 bits per heavy atom. The maximum atomic E-state index is 13.3. The number of rotatable bonds is 80. The number of ketones is 2. The van der Waals surface area contributed by atoms with Crippen LogP contribution in [0.4, 0.5) is 4.79 Å². The number of amides is 4. The Morgan fingerprint density at radius 1 is 0.317 bits per heavy atom. The number of nitrogens with one attached hydrogen (secondary N) is 4. The lowest BCUT2D eigenvalue weighted by Gasteiger charge is -2.22. The average Bonchev–Trinajstić information content (AvgIpc) is 1.05. The van der Waals surface area contributed by atoms with Crippen LogP contribution in [0, 0.1) is 0 Å². The van der Waals surface area contributed by atoms with Gasteiger partial charge in [0, 0.05) is 51.6 Å². The Morgan fingerprint density at radius 2 is 0.587 bits per heavy atom. The van der Waals surface area contributed by atoms with Crippen molar-refractivity contribution in [1.29, 1.82) is 0 Å². The van der Waals surface area contributed by atoms with Gasteiger partial charge in [-0.1, -0.05) is 273 Å². The standard InChI is InChI=1S/C79H152N4O19P2/c1-7-13-19-25-28-31-34-40-44-50-72(85)64-76(87)83-70(66-96-60-56-74(52-46-39-24-18-12-6)102-78(89)54-48-42-36-33-30-27-21-15-9-3)68-100-104(93,94)98-62-58-81-79(90)80-57-61-97-103(91,92)99-67-69(82-75(86)63-71(84)49-43-37-22-16-10-4)65-95-59-55-73(51-45-38-23-17-11-5)101-77(88)53-47-41-35-32-29-26-20-14-8-2/h69-70,73-74H,7-68H2,1-6H3,(H,82,86)(H,83,87)(H,91,92)(H,93,94)(H2,80,81,90)/t69-,70-,73-,74-/m1/s1. The number of esters is 2. The van der Waals surface area contributed by atoms with Crippen LogP contribution in [0.1, 0.15) is 375 Å². The zero-order chi connectivity index (χ0) is 76.7. The quantitative estimate of drug-likeness (QED) is 0.0143. The van der Waals surface area contributed by atoms with Crippen molar-refractivity contribution in [3.05, 3.63) is 0 Å². The molecule has 0 aliphatic rings. The van der Waals surface area contributed by atoms with E-state index in [-0.39, 0.29) is 101 Å². The normalized spacial score (nSPS) is 13.8. The Labute approximate surface area is 630 Å². The number of urea groups is 1.